The second-order valence-corrected chi connectivity index (χ2v) is 17.4. The van der Waals surface area contributed by atoms with E-state index >= 15 is 0 Å². The highest BCUT2D eigenvalue weighted by molar-refractivity contribution is 7.86. The number of amides is 2. The van der Waals surface area contributed by atoms with Gasteiger partial charge in [-0.3, -0.25) is 23.6 Å². The van der Waals surface area contributed by atoms with E-state index in [9.17, 15) is 27.6 Å². The molecule has 7 rings (SSSR count). The van der Waals surface area contributed by atoms with Crippen LogP contribution in [0.15, 0.2) is 29.2 Å². The van der Waals surface area contributed by atoms with E-state index in [1.165, 1.54) is 8.87 Å². The molecule has 1 unspecified atom stereocenters. The van der Waals surface area contributed by atoms with E-state index in [0.717, 1.165) is 68.2 Å². The largest absolute Gasteiger partial charge is 0.359 e. The molecule has 4 aliphatic rings. The number of para-hydroxylation sites is 1. The molecular weight excluding hydrogens is 713 g/mol. The number of hydrogen-bond acceptors (Lipinski definition) is 10. The highest BCUT2D eigenvalue weighted by Crippen LogP contribution is 2.56. The molecule has 17 heteroatoms. The summed E-state index contributed by atoms with van der Waals surface area (Å²) in [5, 5.41) is 5.94. The Balaban J connectivity index is 0.878. The third-order valence-electron chi connectivity index (χ3n) is 12.1. The first kappa shape index (κ1) is 38.1. The minimum Gasteiger partial charge on any atom is -0.359 e. The van der Waals surface area contributed by atoms with Gasteiger partial charge in [0.25, 0.3) is 10.2 Å². The van der Waals surface area contributed by atoms with Crippen molar-refractivity contribution < 1.29 is 22.8 Å². The van der Waals surface area contributed by atoms with Crippen LogP contribution < -0.4 is 21.2 Å². The number of likely N-dealkylation sites (N-methyl/N-ethyl adjacent to an activating group) is 1. The van der Waals surface area contributed by atoms with Crippen molar-refractivity contribution in [2.75, 3.05) is 70.6 Å². The number of anilines is 2. The van der Waals surface area contributed by atoms with E-state index in [1.807, 2.05) is 12.1 Å². The van der Waals surface area contributed by atoms with Gasteiger partial charge in [0.2, 0.25) is 17.8 Å². The van der Waals surface area contributed by atoms with Crippen LogP contribution >= 0.6 is 0 Å². The number of fused-ring (bicyclic) bond motifs is 3. The maximum absolute atomic E-state index is 13.5. The van der Waals surface area contributed by atoms with Crippen molar-refractivity contribution in [1.29, 1.82) is 0 Å². The highest BCUT2D eigenvalue weighted by Gasteiger charge is 2.59. The quantitative estimate of drug-likeness (QED) is 0.230. The number of nitrogens with one attached hydrogen (secondary N) is 2. The van der Waals surface area contributed by atoms with Crippen LogP contribution in [0, 0.1) is 0 Å². The fraction of sp³-hybridized carbons (Fsp3) is 0.622. The van der Waals surface area contributed by atoms with Crippen LogP contribution in [0.4, 0.5) is 11.8 Å². The highest BCUT2D eigenvalue weighted by atomic mass is 32.2. The molecule has 1 saturated carbocycles. The third kappa shape index (κ3) is 6.95. The molecule has 1 spiro atoms. The number of imidazole rings is 1. The standard InChI is InChI=1S/C37H52N10O6S/c1-38-31(49)10-9-27(24-48)47-30-8-5-7-28(32(30)43(3)36(47)51)25-11-19-45(20-12-25)18-6-17-42(2)54(52,53)46-21-13-26(14-22-46)40-35-39-23-29-33(41-35)44(4)34(50)37(29)15-16-37/h5,7-8,23-27H,6,9-22H2,1-4H3,(H,38,49)(H,39,40,41). The van der Waals surface area contributed by atoms with E-state index in [-0.39, 0.29) is 42.3 Å². The lowest BCUT2D eigenvalue weighted by molar-refractivity contribution is -0.121. The number of rotatable bonds is 14. The molecule has 2 N–H and O–H groups in total. The fourth-order valence-corrected chi connectivity index (χ4v) is 10.1. The normalized spacial score (nSPS) is 20.2. The van der Waals surface area contributed by atoms with Gasteiger partial charge in [-0.1, -0.05) is 12.1 Å². The van der Waals surface area contributed by atoms with Gasteiger partial charge in [-0.15, -0.1) is 0 Å². The monoisotopic (exact) mass is 764 g/mol. The number of benzene rings is 1. The Morgan fingerprint density at radius 3 is 2.48 bits per heavy atom. The molecule has 5 heterocycles. The second kappa shape index (κ2) is 15.2. The van der Waals surface area contributed by atoms with E-state index in [4.69, 9.17) is 0 Å². The van der Waals surface area contributed by atoms with Crippen LogP contribution in [-0.2, 0) is 37.1 Å². The number of aldehydes is 1. The zero-order valence-electron chi connectivity index (χ0n) is 31.7. The third-order valence-corrected chi connectivity index (χ3v) is 14.1. The van der Waals surface area contributed by atoms with Gasteiger partial charge in [-0.05, 0) is 88.5 Å². The van der Waals surface area contributed by atoms with Crippen molar-refractivity contribution in [3.05, 3.63) is 46.0 Å². The Labute approximate surface area is 316 Å². The maximum atomic E-state index is 13.5. The molecule has 1 aromatic carbocycles. The summed E-state index contributed by atoms with van der Waals surface area (Å²) in [6, 6.07) is 5.17. The van der Waals surface area contributed by atoms with Crippen LogP contribution in [0.2, 0.25) is 0 Å². The van der Waals surface area contributed by atoms with Crippen LogP contribution in [0.25, 0.3) is 11.0 Å². The van der Waals surface area contributed by atoms with Crippen molar-refractivity contribution in [3.8, 4) is 0 Å². The summed E-state index contributed by atoms with van der Waals surface area (Å²) in [6.07, 6.45) is 8.36. The molecule has 3 aliphatic heterocycles. The van der Waals surface area contributed by atoms with Crippen molar-refractivity contribution >= 4 is 51.1 Å². The smallest absolute Gasteiger partial charge is 0.329 e. The molecule has 2 amide bonds. The topological polar surface area (TPSA) is 175 Å². The lowest BCUT2D eigenvalue weighted by atomic mass is 9.88. The van der Waals surface area contributed by atoms with Gasteiger partial charge < -0.3 is 20.3 Å². The number of likely N-dealkylation sites (tertiary alicyclic amines) is 1. The van der Waals surface area contributed by atoms with Crippen molar-refractivity contribution in [1.82, 2.24) is 37.9 Å². The lowest BCUT2D eigenvalue weighted by Gasteiger charge is -2.35. The minimum absolute atomic E-state index is 0.0327. The van der Waals surface area contributed by atoms with Gasteiger partial charge >= 0.3 is 5.69 Å². The molecule has 0 radical (unpaired) electrons. The Morgan fingerprint density at radius 2 is 1.81 bits per heavy atom. The number of piperidine rings is 2. The SMILES string of the molecule is CNC(=O)CCC(C=O)n1c(=O)n(C)c2c(C3CCN(CCCN(C)S(=O)(=O)N4CCC(Nc5ncc6c(n5)N(C)C(=O)C65CC5)CC4)CC3)cccc21. The summed E-state index contributed by atoms with van der Waals surface area (Å²) in [5.41, 5.74) is 2.83. The van der Waals surface area contributed by atoms with Gasteiger partial charge in [-0.2, -0.15) is 22.0 Å². The molecule has 292 valence electrons. The molecule has 1 atom stereocenters. The minimum atomic E-state index is -3.60. The van der Waals surface area contributed by atoms with Gasteiger partial charge in [0.15, 0.2) is 0 Å². The molecule has 16 nitrogen and oxygen atoms in total. The summed E-state index contributed by atoms with van der Waals surface area (Å²) in [6.45, 7) is 3.72. The zero-order valence-corrected chi connectivity index (χ0v) is 32.5. The van der Waals surface area contributed by atoms with E-state index in [2.05, 4.69) is 31.6 Å². The average molecular weight is 765 g/mol. The van der Waals surface area contributed by atoms with Gasteiger partial charge in [0.05, 0.1) is 22.5 Å². The van der Waals surface area contributed by atoms with Gasteiger partial charge in [-0.25, -0.2) is 9.78 Å². The van der Waals surface area contributed by atoms with E-state index < -0.39 is 21.7 Å². The number of carbonyl (C=O) groups excluding carboxylic acids is 3. The Bertz CT molecular complexity index is 2080. The Hall–Kier alpha value is -4.19. The predicted octanol–water partition coefficient (Wildman–Crippen LogP) is 1.73. The average Bonchev–Trinajstić information content (AvgIpc) is 3.92. The van der Waals surface area contributed by atoms with Crippen LogP contribution in [0.5, 0.6) is 0 Å². The van der Waals surface area contributed by atoms with Crippen LogP contribution in [-0.4, -0.2) is 126 Å². The lowest BCUT2D eigenvalue weighted by Crippen LogP contribution is -2.48. The number of aryl methyl sites for hydroxylation is 1. The van der Waals surface area contributed by atoms with Crippen molar-refractivity contribution in [3.63, 3.8) is 0 Å². The first-order valence-electron chi connectivity index (χ1n) is 19.1. The molecule has 3 fully saturated rings. The molecule has 54 heavy (non-hydrogen) atoms. The van der Waals surface area contributed by atoms with Crippen LogP contribution in [0.3, 0.4) is 0 Å². The summed E-state index contributed by atoms with van der Waals surface area (Å²) in [5.74, 6) is 1.28. The first-order chi connectivity index (χ1) is 25.9. The summed E-state index contributed by atoms with van der Waals surface area (Å²) in [4.78, 5) is 63.1. The Morgan fingerprint density at radius 1 is 1.09 bits per heavy atom. The molecule has 0 bridgehead atoms. The molecule has 1 aliphatic carbocycles. The predicted molar refractivity (Wildman–Crippen MR) is 205 cm³/mol. The summed E-state index contributed by atoms with van der Waals surface area (Å²) in [7, 11) is 3.09. The molecule has 3 aromatic rings. The van der Waals surface area contributed by atoms with Gasteiger partial charge in [0, 0.05) is 72.0 Å². The van der Waals surface area contributed by atoms with Gasteiger partial charge in [0.1, 0.15) is 12.1 Å². The molecular formula is C37H52N10O6S. The number of hydrogen-bond donors (Lipinski definition) is 2. The molecule has 2 aromatic heterocycles. The fourth-order valence-electron chi connectivity index (χ4n) is 8.67. The maximum Gasteiger partial charge on any atom is 0.329 e. The Kier molecular flexibility index (Phi) is 10.7. The number of nitrogens with zero attached hydrogens (tertiary/aromatic N) is 8. The van der Waals surface area contributed by atoms with Crippen molar-refractivity contribution in [2.45, 2.75) is 81.2 Å². The summed E-state index contributed by atoms with van der Waals surface area (Å²) < 4.78 is 33.1. The van der Waals surface area contributed by atoms with E-state index in [0.29, 0.717) is 56.2 Å². The second-order valence-electron chi connectivity index (χ2n) is 15.3. The van der Waals surface area contributed by atoms with E-state index in [1.54, 1.807) is 48.2 Å². The first-order valence-corrected chi connectivity index (χ1v) is 20.5. The van der Waals surface area contributed by atoms with Crippen molar-refractivity contribution in [2.24, 2.45) is 7.05 Å². The number of aromatic nitrogens is 4. The summed E-state index contributed by atoms with van der Waals surface area (Å²) >= 11 is 0. The number of carbonyl (C=O) groups is 3. The van der Waals surface area contributed by atoms with Crippen LogP contribution in [0.1, 0.15) is 80.9 Å². The zero-order chi connectivity index (χ0) is 38.4. The molecule has 2 saturated heterocycles.